The molecule has 24 heavy (non-hydrogen) atoms. The molecule has 0 saturated heterocycles. The van der Waals surface area contributed by atoms with Gasteiger partial charge in [-0.3, -0.25) is 0 Å². The first-order chi connectivity index (χ1) is 11.2. The van der Waals surface area contributed by atoms with E-state index < -0.39 is 14.4 Å². The second-order valence-corrected chi connectivity index (χ2v) is 12.3. The molecule has 0 aromatic heterocycles. The van der Waals surface area contributed by atoms with Gasteiger partial charge in [0.2, 0.25) is 8.32 Å². The fraction of sp³-hybridized carbons (Fsp3) is 0.333. The minimum absolute atomic E-state index is 0.116. The van der Waals surface area contributed by atoms with Gasteiger partial charge in [0.1, 0.15) is 11.9 Å². The zero-order chi connectivity index (χ0) is 17.8. The Morgan fingerprint density at radius 1 is 0.958 bits per heavy atom. The molecule has 0 radical (unpaired) electrons. The van der Waals surface area contributed by atoms with E-state index in [1.165, 1.54) is 0 Å². The van der Waals surface area contributed by atoms with Crippen LogP contribution in [0.25, 0.3) is 6.08 Å². The molecule has 0 aliphatic carbocycles. The predicted molar refractivity (Wildman–Crippen MR) is 105 cm³/mol. The van der Waals surface area contributed by atoms with E-state index in [-0.39, 0.29) is 5.04 Å². The van der Waals surface area contributed by atoms with E-state index in [4.69, 9.17) is 4.43 Å². The Morgan fingerprint density at radius 2 is 1.54 bits per heavy atom. The number of benzene rings is 2. The summed E-state index contributed by atoms with van der Waals surface area (Å²) in [5.74, 6) is 0.786. The molecule has 2 aromatic carbocycles. The summed E-state index contributed by atoms with van der Waals surface area (Å²) in [7, 11) is -1.95. The van der Waals surface area contributed by atoms with Crippen LogP contribution in [0.1, 0.15) is 38.0 Å². The largest absolute Gasteiger partial charge is 0.543 e. The second-order valence-electron chi connectivity index (χ2n) is 7.61. The van der Waals surface area contributed by atoms with Crippen LogP contribution < -0.4 is 4.43 Å². The van der Waals surface area contributed by atoms with E-state index in [9.17, 15) is 5.11 Å². The molecule has 2 rings (SSSR count). The van der Waals surface area contributed by atoms with Crippen molar-refractivity contribution in [3.05, 3.63) is 71.8 Å². The molecule has 0 aliphatic heterocycles. The van der Waals surface area contributed by atoms with Gasteiger partial charge in [-0.15, -0.1) is 0 Å². The van der Waals surface area contributed by atoms with Crippen LogP contribution in [-0.2, 0) is 0 Å². The number of hydrogen-bond donors (Lipinski definition) is 1. The summed E-state index contributed by atoms with van der Waals surface area (Å²) in [5.41, 5.74) is 1.88. The highest BCUT2D eigenvalue weighted by Crippen LogP contribution is 2.39. The molecule has 1 atom stereocenters. The highest BCUT2D eigenvalue weighted by molar-refractivity contribution is 6.74. The van der Waals surface area contributed by atoms with E-state index in [1.807, 2.05) is 66.7 Å². The smallest absolute Gasteiger partial charge is 0.250 e. The summed E-state index contributed by atoms with van der Waals surface area (Å²) in [5, 5.41) is 10.7. The van der Waals surface area contributed by atoms with Crippen LogP contribution >= 0.6 is 0 Å². The van der Waals surface area contributed by atoms with Crippen molar-refractivity contribution in [2.75, 3.05) is 0 Å². The van der Waals surface area contributed by atoms with Crippen LogP contribution in [0, 0.1) is 0 Å². The van der Waals surface area contributed by atoms with Crippen molar-refractivity contribution in [2.45, 2.75) is 45.0 Å². The summed E-state index contributed by atoms with van der Waals surface area (Å²) in [4.78, 5) is 0. The second kappa shape index (κ2) is 7.37. The molecular weight excluding hydrogens is 312 g/mol. The van der Waals surface area contributed by atoms with Crippen LogP contribution in [0.3, 0.4) is 0 Å². The van der Waals surface area contributed by atoms with Crippen LogP contribution in [0.15, 0.2) is 60.7 Å². The quantitative estimate of drug-likeness (QED) is 0.695. The Hall–Kier alpha value is -1.84. The van der Waals surface area contributed by atoms with Gasteiger partial charge < -0.3 is 9.53 Å². The highest BCUT2D eigenvalue weighted by Gasteiger charge is 2.39. The van der Waals surface area contributed by atoms with Gasteiger partial charge in [0.05, 0.1) is 0 Å². The summed E-state index contributed by atoms with van der Waals surface area (Å²) in [6, 6.07) is 17.8. The molecule has 0 spiro atoms. The zero-order valence-corrected chi connectivity index (χ0v) is 16.3. The van der Waals surface area contributed by atoms with Crippen LogP contribution in [0.2, 0.25) is 18.1 Å². The van der Waals surface area contributed by atoms with Crippen molar-refractivity contribution in [1.82, 2.24) is 0 Å². The minimum atomic E-state index is -1.95. The molecule has 1 N–H and O–H groups in total. The van der Waals surface area contributed by atoms with Crippen LogP contribution in [0.4, 0.5) is 0 Å². The molecule has 0 bridgehead atoms. The number of para-hydroxylation sites is 1. The lowest BCUT2D eigenvalue weighted by atomic mass is 10.1. The third kappa shape index (κ3) is 4.59. The summed E-state index contributed by atoms with van der Waals surface area (Å²) in [6.45, 7) is 11.1. The maximum absolute atomic E-state index is 10.6. The molecule has 0 saturated carbocycles. The Bertz CT molecular complexity index is 684. The van der Waals surface area contributed by atoms with Crippen molar-refractivity contribution in [3.63, 3.8) is 0 Å². The highest BCUT2D eigenvalue weighted by atomic mass is 28.4. The van der Waals surface area contributed by atoms with Gasteiger partial charge in [-0.05, 0) is 29.8 Å². The molecule has 0 amide bonds. The lowest BCUT2D eigenvalue weighted by Gasteiger charge is -2.37. The lowest BCUT2D eigenvalue weighted by Crippen LogP contribution is -2.44. The molecule has 1 unspecified atom stereocenters. The van der Waals surface area contributed by atoms with E-state index in [1.54, 1.807) is 0 Å². The molecule has 128 valence electrons. The topological polar surface area (TPSA) is 29.5 Å². The first-order valence-corrected chi connectivity index (χ1v) is 11.3. The average molecular weight is 341 g/mol. The maximum atomic E-state index is 10.6. The molecule has 0 fully saturated rings. The van der Waals surface area contributed by atoms with Crippen molar-refractivity contribution < 1.29 is 9.53 Å². The van der Waals surface area contributed by atoms with Gasteiger partial charge in [-0.1, -0.05) is 81.5 Å². The first-order valence-electron chi connectivity index (χ1n) is 8.40. The molecule has 0 heterocycles. The maximum Gasteiger partial charge on any atom is 0.250 e. The normalized spacial score (nSPS) is 13.9. The van der Waals surface area contributed by atoms with Gasteiger partial charge in [0.15, 0.2) is 0 Å². The molecule has 3 heteroatoms. The van der Waals surface area contributed by atoms with E-state index in [0.29, 0.717) is 0 Å². The van der Waals surface area contributed by atoms with Crippen molar-refractivity contribution in [3.8, 4) is 5.75 Å². The van der Waals surface area contributed by atoms with Crippen molar-refractivity contribution >= 4 is 14.4 Å². The van der Waals surface area contributed by atoms with E-state index in [0.717, 1.165) is 16.9 Å². The Balaban J connectivity index is 2.24. The standard InChI is InChI=1S/C21H28O2Si/c1-21(2,3)24(4,5)23-20-14-10-9-13-18(20)19(22)16-15-17-11-7-6-8-12-17/h6-16,19,22H,1-5H3/b16-15+. The number of hydrogen-bond acceptors (Lipinski definition) is 2. The van der Waals surface area contributed by atoms with Gasteiger partial charge in [-0.25, -0.2) is 0 Å². The third-order valence-corrected chi connectivity index (χ3v) is 9.02. The van der Waals surface area contributed by atoms with Gasteiger partial charge in [0.25, 0.3) is 0 Å². The van der Waals surface area contributed by atoms with Gasteiger partial charge in [-0.2, -0.15) is 0 Å². The number of rotatable bonds is 5. The zero-order valence-electron chi connectivity index (χ0n) is 15.3. The first kappa shape index (κ1) is 18.5. The molecule has 0 aliphatic rings. The monoisotopic (exact) mass is 340 g/mol. The molecular formula is C21H28O2Si. The van der Waals surface area contributed by atoms with Crippen molar-refractivity contribution in [2.24, 2.45) is 0 Å². The van der Waals surface area contributed by atoms with Crippen LogP contribution in [-0.4, -0.2) is 13.4 Å². The Kier molecular flexibility index (Phi) is 5.68. The Morgan fingerprint density at radius 3 is 2.17 bits per heavy atom. The third-order valence-electron chi connectivity index (χ3n) is 4.68. The van der Waals surface area contributed by atoms with Crippen molar-refractivity contribution in [1.29, 1.82) is 0 Å². The Labute approximate surface area is 146 Å². The predicted octanol–water partition coefficient (Wildman–Crippen LogP) is 5.82. The van der Waals surface area contributed by atoms with E-state index >= 15 is 0 Å². The minimum Gasteiger partial charge on any atom is -0.543 e. The SMILES string of the molecule is CC(C)(C)[Si](C)(C)Oc1ccccc1C(O)/C=C/c1ccccc1. The van der Waals surface area contributed by atoms with Crippen LogP contribution in [0.5, 0.6) is 5.75 Å². The molecule has 2 aromatic rings. The summed E-state index contributed by atoms with van der Waals surface area (Å²) in [6.07, 6.45) is 3.06. The average Bonchev–Trinajstić information content (AvgIpc) is 2.52. The summed E-state index contributed by atoms with van der Waals surface area (Å²) >= 11 is 0. The van der Waals surface area contributed by atoms with E-state index in [2.05, 4.69) is 33.9 Å². The lowest BCUT2D eigenvalue weighted by molar-refractivity contribution is 0.226. The van der Waals surface area contributed by atoms with Gasteiger partial charge >= 0.3 is 0 Å². The number of aliphatic hydroxyl groups is 1. The molecule has 2 nitrogen and oxygen atoms in total. The number of aliphatic hydroxyl groups excluding tert-OH is 1. The fourth-order valence-corrected chi connectivity index (χ4v) is 3.16. The van der Waals surface area contributed by atoms with Gasteiger partial charge in [0, 0.05) is 5.56 Å². The fourth-order valence-electron chi connectivity index (χ4n) is 2.12. The summed E-state index contributed by atoms with van der Waals surface area (Å²) < 4.78 is 6.42.